The first-order valence-corrected chi connectivity index (χ1v) is 9.28. The highest BCUT2D eigenvalue weighted by molar-refractivity contribution is 7.99. The smallest absolute Gasteiger partial charge is 0.0567 e. The van der Waals surface area contributed by atoms with E-state index >= 15 is 0 Å². The van der Waals surface area contributed by atoms with E-state index < -0.39 is 26.0 Å². The fourth-order valence-electron chi connectivity index (χ4n) is 2.87. The first-order valence-electron chi connectivity index (χ1n) is 12.1. The topological polar surface area (TPSA) is 9.72 Å². The third-order valence-corrected chi connectivity index (χ3v) is 5.42. The Morgan fingerprint density at radius 3 is 2.44 bits per heavy atom. The van der Waals surface area contributed by atoms with Crippen LogP contribution in [0.5, 0.6) is 0 Å². The Labute approximate surface area is 195 Å². The summed E-state index contributed by atoms with van der Waals surface area (Å²) in [6.45, 7) is -10.8. The molecule has 0 unspecified atom stereocenters. The normalized spacial score (nSPS) is 28.6. The maximum Gasteiger partial charge on any atom is 0.0567 e. The van der Waals surface area contributed by atoms with Gasteiger partial charge in [-0.15, -0.1) is 24.8 Å². The largest absolute Gasteiger partial charge is 0.340 e. The minimum Gasteiger partial charge on any atom is -0.340 e. The molecule has 0 atom stereocenters. The van der Waals surface area contributed by atoms with Gasteiger partial charge in [-0.1, -0.05) is 35.5 Å². The minimum atomic E-state index is -2.76. The van der Waals surface area contributed by atoms with Crippen LogP contribution in [0.3, 0.4) is 0 Å². The summed E-state index contributed by atoms with van der Waals surface area (Å²) < 4.78 is 66.2. The Hall–Kier alpha value is -0.620. The van der Waals surface area contributed by atoms with E-state index in [0.717, 1.165) is 28.2 Å². The fourth-order valence-corrected chi connectivity index (χ4v) is 4.11. The Balaban J connectivity index is 0.00000216. The van der Waals surface area contributed by atoms with Gasteiger partial charge in [0.15, 0.2) is 0 Å². The monoisotopic (exact) mass is 453 g/mol. The fraction of sp³-hybridized carbons (Fsp3) is 0.400. The average molecular weight is 455 g/mol. The maximum atomic E-state index is 8.37. The van der Waals surface area contributed by atoms with Crippen molar-refractivity contribution in [1.82, 2.24) is 9.80 Å². The number of para-hydroxylation sites is 1. The molecule has 0 N–H and O–H groups in total. The molecule has 0 bridgehead atoms. The number of hydrogen-bond donors (Lipinski definition) is 0. The van der Waals surface area contributed by atoms with Gasteiger partial charge in [0, 0.05) is 58.3 Å². The summed E-state index contributed by atoms with van der Waals surface area (Å²) in [6, 6.07) is 13.4. The summed E-state index contributed by atoms with van der Waals surface area (Å²) in [5.41, 5.74) is 1.84. The van der Waals surface area contributed by atoms with Gasteiger partial charge in [0.1, 0.15) is 0 Å². The van der Waals surface area contributed by atoms with Crippen LogP contribution in [0.15, 0.2) is 52.3 Å². The molecular weight excluding hydrogens is 421 g/mol. The van der Waals surface area contributed by atoms with E-state index in [-0.39, 0.29) is 37.8 Å². The Morgan fingerprint density at radius 2 is 1.67 bits per heavy atom. The second-order valence-electron chi connectivity index (χ2n) is 5.84. The van der Waals surface area contributed by atoms with Crippen molar-refractivity contribution in [2.75, 3.05) is 51.0 Å². The molecule has 7 heteroatoms. The van der Waals surface area contributed by atoms with Crippen molar-refractivity contribution in [1.29, 1.82) is 0 Å². The molecule has 0 aliphatic carbocycles. The Morgan fingerprint density at radius 1 is 0.963 bits per heavy atom. The molecule has 0 saturated carbocycles. The number of piperazine rings is 1. The molecule has 2 aromatic rings. The van der Waals surface area contributed by atoms with Crippen molar-refractivity contribution in [2.45, 2.75) is 16.2 Å². The number of hydrogen-bond acceptors (Lipinski definition) is 4. The van der Waals surface area contributed by atoms with Crippen LogP contribution >= 0.6 is 48.2 Å². The summed E-state index contributed by atoms with van der Waals surface area (Å²) in [7, 11) is 1.07. The van der Waals surface area contributed by atoms with Gasteiger partial charge in [0.25, 0.3) is 0 Å². The third kappa shape index (κ3) is 5.26. The Bertz CT molecular complexity index is 1050. The second-order valence-corrected chi connectivity index (χ2v) is 7.37. The molecule has 2 heterocycles. The highest BCUT2D eigenvalue weighted by Gasteiger charge is 2.23. The molecule has 2 aromatic carbocycles. The molecule has 0 radical (unpaired) electrons. The lowest BCUT2D eigenvalue weighted by Gasteiger charge is -2.35. The van der Waals surface area contributed by atoms with Crippen LogP contribution in [-0.2, 0) is 0 Å². The van der Waals surface area contributed by atoms with Gasteiger partial charge < -0.3 is 14.7 Å². The van der Waals surface area contributed by atoms with Gasteiger partial charge in [-0.3, -0.25) is 0 Å². The van der Waals surface area contributed by atoms with E-state index in [1.807, 2.05) is 47.4 Å². The standard InChI is InChI=1S/C20H24ClN3S.2ClH/c1-22-11-13-23(14-12-22)9-4-10-24-17-5-2-3-6-19(17)25-20-8-7-16(21)15-18(20)24;;/h2-3,5-8,15H,4,9-14H2,1H3;2*1H/i11D2,12D2,13D2,14D2;;. The summed E-state index contributed by atoms with van der Waals surface area (Å²) in [4.78, 5) is 5.29. The number of benzene rings is 2. The highest BCUT2D eigenvalue weighted by atomic mass is 35.5. The number of fused-ring (bicyclic) bond motifs is 2. The molecule has 4 rings (SSSR count). The lowest BCUT2D eigenvalue weighted by molar-refractivity contribution is 0.153. The summed E-state index contributed by atoms with van der Waals surface area (Å²) >= 11 is 7.87. The van der Waals surface area contributed by atoms with E-state index in [2.05, 4.69) is 0 Å². The lowest BCUT2D eigenvalue weighted by atomic mass is 10.2. The second kappa shape index (κ2) is 10.2. The number of halogens is 3. The number of anilines is 2. The van der Waals surface area contributed by atoms with Crippen molar-refractivity contribution in [3.63, 3.8) is 0 Å². The molecule has 1 saturated heterocycles. The summed E-state index contributed by atoms with van der Waals surface area (Å²) in [5, 5.41) is 0.576. The van der Waals surface area contributed by atoms with Crippen molar-refractivity contribution < 1.29 is 11.0 Å². The molecule has 0 aromatic heterocycles. The number of nitrogens with zero attached hydrogens (tertiary/aromatic N) is 3. The number of likely N-dealkylation sites (N-methyl/N-ethyl adjacent to an activating group) is 1. The van der Waals surface area contributed by atoms with Crippen LogP contribution in [0.2, 0.25) is 5.02 Å². The van der Waals surface area contributed by atoms with Gasteiger partial charge in [0.05, 0.1) is 11.4 Å². The molecule has 2 aliphatic rings. The van der Waals surface area contributed by atoms with E-state index in [4.69, 9.17) is 22.6 Å². The van der Waals surface area contributed by atoms with Gasteiger partial charge in [-0.2, -0.15) is 0 Å². The molecular formula is C20H26Cl3N3S. The van der Waals surface area contributed by atoms with Crippen molar-refractivity contribution >= 4 is 59.6 Å². The number of rotatable bonds is 4. The van der Waals surface area contributed by atoms with Crippen LogP contribution in [0.25, 0.3) is 0 Å². The van der Waals surface area contributed by atoms with E-state index in [0.29, 0.717) is 21.4 Å². The zero-order chi connectivity index (χ0) is 24.4. The predicted octanol–water partition coefficient (Wildman–Crippen LogP) is 5.42. The predicted molar refractivity (Wildman–Crippen MR) is 122 cm³/mol. The van der Waals surface area contributed by atoms with Gasteiger partial charge in [-0.05, 0) is 50.3 Å². The molecule has 2 aliphatic heterocycles. The SMILES string of the molecule is Cl.Cl.[2H]C1([2H])N(C)C([2H])([2H])C([2H])([2H])N(CCCN2c3ccccc3Sc3ccc(Cl)cc32)C1([2H])[2H]. The molecule has 148 valence electrons. The minimum absolute atomic E-state index is 0. The summed E-state index contributed by atoms with van der Waals surface area (Å²) in [6.07, 6.45) is 0.264. The van der Waals surface area contributed by atoms with E-state index in [1.54, 1.807) is 11.8 Å². The summed E-state index contributed by atoms with van der Waals surface area (Å²) in [5.74, 6) is 0. The van der Waals surface area contributed by atoms with Crippen molar-refractivity contribution in [3.8, 4) is 0 Å². The van der Waals surface area contributed by atoms with Crippen molar-refractivity contribution in [2.24, 2.45) is 0 Å². The Kier molecular flexibility index (Phi) is 5.15. The van der Waals surface area contributed by atoms with Crippen LogP contribution in [-0.4, -0.2) is 55.9 Å². The van der Waals surface area contributed by atoms with E-state index in [1.165, 1.54) is 0 Å². The van der Waals surface area contributed by atoms with Gasteiger partial charge in [-0.25, -0.2) is 0 Å². The molecule has 1 fully saturated rings. The highest BCUT2D eigenvalue weighted by Crippen LogP contribution is 2.48. The first-order chi connectivity index (χ1) is 15.2. The zero-order valence-electron chi connectivity index (χ0n) is 22.6. The maximum absolute atomic E-state index is 8.37. The third-order valence-electron chi connectivity index (χ3n) is 4.06. The van der Waals surface area contributed by atoms with Crippen LogP contribution in [0, 0.1) is 0 Å². The molecule has 0 spiro atoms. The average Bonchev–Trinajstić information content (AvgIpc) is 2.74. The zero-order valence-corrected chi connectivity index (χ0v) is 17.8. The van der Waals surface area contributed by atoms with Crippen LogP contribution < -0.4 is 4.90 Å². The van der Waals surface area contributed by atoms with E-state index in [9.17, 15) is 0 Å². The molecule has 3 nitrogen and oxygen atoms in total. The van der Waals surface area contributed by atoms with Crippen molar-refractivity contribution in [3.05, 3.63) is 47.5 Å². The molecule has 0 amide bonds. The van der Waals surface area contributed by atoms with Gasteiger partial charge >= 0.3 is 0 Å². The quantitative estimate of drug-likeness (QED) is 0.609. The van der Waals surface area contributed by atoms with Gasteiger partial charge in [0.2, 0.25) is 0 Å². The van der Waals surface area contributed by atoms with Crippen LogP contribution in [0.4, 0.5) is 11.4 Å². The molecule has 27 heavy (non-hydrogen) atoms. The first kappa shape index (κ1) is 13.6. The van der Waals surface area contributed by atoms with Crippen LogP contribution in [0.1, 0.15) is 17.4 Å². The lowest BCUT2D eigenvalue weighted by Crippen LogP contribution is -2.45.